The summed E-state index contributed by atoms with van der Waals surface area (Å²) < 4.78 is 0. The first-order valence-corrected chi connectivity index (χ1v) is 4.26. The van der Waals surface area contributed by atoms with Gasteiger partial charge in [-0.05, 0) is 31.2 Å². The van der Waals surface area contributed by atoms with E-state index in [0.29, 0.717) is 5.69 Å². The number of terminal acetylenes is 1. The van der Waals surface area contributed by atoms with E-state index in [0.717, 1.165) is 5.56 Å². The summed E-state index contributed by atoms with van der Waals surface area (Å²) >= 11 is 0. The van der Waals surface area contributed by atoms with Gasteiger partial charge in [0.1, 0.15) is 0 Å². The molecule has 0 aliphatic rings. The zero-order valence-electron chi connectivity index (χ0n) is 7.95. The van der Waals surface area contributed by atoms with E-state index >= 15 is 0 Å². The van der Waals surface area contributed by atoms with Crippen LogP contribution in [0.15, 0.2) is 24.3 Å². The largest absolute Gasteiger partial charge is 0.325 e. The van der Waals surface area contributed by atoms with Crippen molar-refractivity contribution in [1.82, 2.24) is 0 Å². The van der Waals surface area contributed by atoms with E-state index in [1.54, 1.807) is 31.2 Å². The van der Waals surface area contributed by atoms with Crippen molar-refractivity contribution in [2.24, 2.45) is 5.73 Å². The van der Waals surface area contributed by atoms with Crippen LogP contribution in [0.25, 0.3) is 0 Å². The van der Waals surface area contributed by atoms with Crippen molar-refractivity contribution in [3.8, 4) is 12.3 Å². The lowest BCUT2D eigenvalue weighted by atomic mass is 10.2. The Balaban J connectivity index is 2.70. The van der Waals surface area contributed by atoms with Gasteiger partial charge in [0.05, 0.1) is 6.04 Å². The summed E-state index contributed by atoms with van der Waals surface area (Å²) in [4.78, 5) is 11.2. The maximum absolute atomic E-state index is 11.2. The smallest absolute Gasteiger partial charge is 0.240 e. The summed E-state index contributed by atoms with van der Waals surface area (Å²) in [5.74, 6) is 2.28. The minimum atomic E-state index is -0.512. The minimum Gasteiger partial charge on any atom is -0.325 e. The Morgan fingerprint density at radius 1 is 1.50 bits per heavy atom. The highest BCUT2D eigenvalue weighted by Crippen LogP contribution is 2.08. The predicted octanol–water partition coefficient (Wildman–Crippen LogP) is 0.954. The molecule has 3 heteroatoms. The van der Waals surface area contributed by atoms with Crippen LogP contribution in [-0.2, 0) is 4.79 Å². The Bertz CT molecular complexity index is 360. The molecule has 3 nitrogen and oxygen atoms in total. The van der Waals surface area contributed by atoms with Gasteiger partial charge in [0.2, 0.25) is 5.91 Å². The summed E-state index contributed by atoms with van der Waals surface area (Å²) in [7, 11) is 0. The molecular formula is C11H12N2O. The molecule has 0 aromatic heterocycles. The highest BCUT2D eigenvalue weighted by Gasteiger charge is 2.06. The second-order valence-electron chi connectivity index (χ2n) is 3.00. The Morgan fingerprint density at radius 3 is 2.50 bits per heavy atom. The average Bonchev–Trinajstić information content (AvgIpc) is 2.19. The number of carbonyl (C=O) groups excluding carboxylic acids is 1. The van der Waals surface area contributed by atoms with Crippen molar-refractivity contribution in [2.75, 3.05) is 5.32 Å². The molecule has 0 aliphatic carbocycles. The van der Waals surface area contributed by atoms with Gasteiger partial charge in [0.15, 0.2) is 0 Å². The van der Waals surface area contributed by atoms with Crippen LogP contribution in [0.2, 0.25) is 0 Å². The summed E-state index contributed by atoms with van der Waals surface area (Å²) in [5, 5.41) is 2.66. The highest BCUT2D eigenvalue weighted by atomic mass is 16.2. The molecule has 0 spiro atoms. The average molecular weight is 188 g/mol. The summed E-state index contributed by atoms with van der Waals surface area (Å²) in [6.07, 6.45) is 5.19. The predicted molar refractivity (Wildman–Crippen MR) is 56.7 cm³/mol. The third-order valence-electron chi connectivity index (χ3n) is 1.73. The molecule has 0 saturated carbocycles. The van der Waals surface area contributed by atoms with Crippen molar-refractivity contribution < 1.29 is 4.79 Å². The molecule has 0 saturated heterocycles. The standard InChI is InChI=1S/C11H12N2O/c1-3-9-4-6-10(7-5-9)13-11(14)8(2)12/h1,4-8H,12H2,2H3,(H,13,14)/t8-/m0/s1. The molecule has 1 atom stereocenters. The first kappa shape index (κ1) is 10.3. The number of hydrogen-bond acceptors (Lipinski definition) is 2. The zero-order valence-corrected chi connectivity index (χ0v) is 7.95. The van der Waals surface area contributed by atoms with E-state index < -0.39 is 6.04 Å². The third-order valence-corrected chi connectivity index (χ3v) is 1.73. The van der Waals surface area contributed by atoms with Crippen LogP contribution in [-0.4, -0.2) is 11.9 Å². The van der Waals surface area contributed by atoms with Gasteiger partial charge >= 0.3 is 0 Å². The summed E-state index contributed by atoms with van der Waals surface area (Å²) in [6.45, 7) is 1.63. The van der Waals surface area contributed by atoms with Crippen LogP contribution in [0.5, 0.6) is 0 Å². The number of nitrogens with two attached hydrogens (primary N) is 1. The second kappa shape index (κ2) is 4.45. The topological polar surface area (TPSA) is 55.1 Å². The van der Waals surface area contributed by atoms with Crippen molar-refractivity contribution in [3.05, 3.63) is 29.8 Å². The molecular weight excluding hydrogens is 176 g/mol. The van der Waals surface area contributed by atoms with E-state index in [4.69, 9.17) is 12.2 Å². The van der Waals surface area contributed by atoms with Crippen LogP contribution in [0.1, 0.15) is 12.5 Å². The van der Waals surface area contributed by atoms with Gasteiger partial charge in [-0.25, -0.2) is 0 Å². The zero-order chi connectivity index (χ0) is 10.6. The molecule has 1 aromatic rings. The number of anilines is 1. The molecule has 0 radical (unpaired) electrons. The molecule has 1 rings (SSSR count). The summed E-state index contributed by atoms with van der Waals surface area (Å²) in [5.41, 5.74) is 6.88. The molecule has 0 aliphatic heterocycles. The van der Waals surface area contributed by atoms with Gasteiger partial charge in [0.25, 0.3) is 0 Å². The lowest BCUT2D eigenvalue weighted by molar-refractivity contribution is -0.117. The first-order valence-electron chi connectivity index (χ1n) is 4.26. The van der Waals surface area contributed by atoms with Gasteiger partial charge in [0, 0.05) is 11.3 Å². The molecule has 14 heavy (non-hydrogen) atoms. The van der Waals surface area contributed by atoms with Gasteiger partial charge in [-0.2, -0.15) is 0 Å². The molecule has 0 heterocycles. The minimum absolute atomic E-state index is 0.210. The van der Waals surface area contributed by atoms with E-state index in [1.165, 1.54) is 0 Å². The fourth-order valence-corrected chi connectivity index (χ4v) is 0.906. The van der Waals surface area contributed by atoms with Crippen molar-refractivity contribution in [2.45, 2.75) is 13.0 Å². The molecule has 0 unspecified atom stereocenters. The Morgan fingerprint density at radius 2 is 2.07 bits per heavy atom. The molecule has 72 valence electrons. The number of benzene rings is 1. The van der Waals surface area contributed by atoms with Gasteiger partial charge < -0.3 is 11.1 Å². The van der Waals surface area contributed by atoms with Crippen molar-refractivity contribution >= 4 is 11.6 Å². The number of nitrogens with one attached hydrogen (secondary N) is 1. The van der Waals surface area contributed by atoms with Crippen LogP contribution in [0.4, 0.5) is 5.69 Å². The lowest BCUT2D eigenvalue weighted by Gasteiger charge is -2.07. The molecule has 1 amide bonds. The number of carbonyl (C=O) groups is 1. The Kier molecular flexibility index (Phi) is 3.27. The van der Waals surface area contributed by atoms with Gasteiger partial charge in [-0.1, -0.05) is 5.92 Å². The van der Waals surface area contributed by atoms with Crippen LogP contribution in [0, 0.1) is 12.3 Å². The van der Waals surface area contributed by atoms with Crippen molar-refractivity contribution in [3.63, 3.8) is 0 Å². The summed E-state index contributed by atoms with van der Waals surface area (Å²) in [6, 6.07) is 6.50. The SMILES string of the molecule is C#Cc1ccc(NC(=O)[C@H](C)N)cc1. The van der Waals surface area contributed by atoms with Gasteiger partial charge in [-0.15, -0.1) is 6.42 Å². The fraction of sp³-hybridized carbons (Fsp3) is 0.182. The molecule has 3 N–H and O–H groups in total. The molecule has 1 aromatic carbocycles. The maximum Gasteiger partial charge on any atom is 0.240 e. The van der Waals surface area contributed by atoms with Crippen LogP contribution >= 0.6 is 0 Å². The van der Waals surface area contributed by atoms with Gasteiger partial charge in [-0.3, -0.25) is 4.79 Å². The maximum atomic E-state index is 11.2. The van der Waals surface area contributed by atoms with E-state index in [9.17, 15) is 4.79 Å². The second-order valence-corrected chi connectivity index (χ2v) is 3.00. The fourth-order valence-electron chi connectivity index (χ4n) is 0.906. The third kappa shape index (κ3) is 2.61. The number of rotatable bonds is 2. The molecule has 0 fully saturated rings. The highest BCUT2D eigenvalue weighted by molar-refractivity contribution is 5.94. The quantitative estimate of drug-likeness (QED) is 0.679. The Labute approximate surface area is 83.3 Å². The van der Waals surface area contributed by atoms with Crippen molar-refractivity contribution in [1.29, 1.82) is 0 Å². The van der Waals surface area contributed by atoms with Crippen LogP contribution < -0.4 is 11.1 Å². The normalized spacial score (nSPS) is 11.5. The Hall–Kier alpha value is -1.79. The van der Waals surface area contributed by atoms with E-state index in [-0.39, 0.29) is 5.91 Å². The first-order chi connectivity index (χ1) is 6.63. The van der Waals surface area contributed by atoms with Crippen LogP contribution in [0.3, 0.4) is 0 Å². The lowest BCUT2D eigenvalue weighted by Crippen LogP contribution is -2.32. The monoisotopic (exact) mass is 188 g/mol. The van der Waals surface area contributed by atoms with E-state index in [2.05, 4.69) is 11.2 Å². The van der Waals surface area contributed by atoms with E-state index in [1.807, 2.05) is 0 Å². The number of hydrogen-bond donors (Lipinski definition) is 2. The number of amides is 1. The molecule has 0 bridgehead atoms.